The summed E-state index contributed by atoms with van der Waals surface area (Å²) >= 11 is 0. The molecule has 0 saturated carbocycles. The van der Waals surface area contributed by atoms with Crippen LogP contribution in [-0.2, 0) is 16.6 Å². The summed E-state index contributed by atoms with van der Waals surface area (Å²) in [6.45, 7) is 3.83. The van der Waals surface area contributed by atoms with E-state index < -0.39 is 10.0 Å². The van der Waals surface area contributed by atoms with Crippen LogP contribution in [0.25, 0.3) is 11.3 Å². The average Bonchev–Trinajstić information content (AvgIpc) is 3.01. The Morgan fingerprint density at radius 1 is 1.04 bits per heavy atom. The van der Waals surface area contributed by atoms with Crippen LogP contribution in [-0.4, -0.2) is 13.6 Å². The molecule has 5 nitrogen and oxygen atoms in total. The Bertz CT molecular complexity index is 947. The summed E-state index contributed by atoms with van der Waals surface area (Å²) in [7, 11) is -3.62. The molecule has 0 saturated heterocycles. The highest BCUT2D eigenvalue weighted by molar-refractivity contribution is 7.89. The number of rotatable bonds is 5. The molecule has 124 valence electrons. The minimum absolute atomic E-state index is 0.241. The number of sulfonamides is 1. The Morgan fingerprint density at radius 2 is 1.79 bits per heavy atom. The minimum atomic E-state index is -3.62. The first-order chi connectivity index (χ1) is 11.5. The van der Waals surface area contributed by atoms with Gasteiger partial charge >= 0.3 is 0 Å². The molecule has 1 heterocycles. The highest BCUT2D eigenvalue weighted by Crippen LogP contribution is 2.25. The fraction of sp³-hybridized carbons (Fsp3) is 0.167. The molecule has 1 aromatic heterocycles. The van der Waals surface area contributed by atoms with E-state index in [2.05, 4.69) is 9.88 Å². The number of nitrogens with one attached hydrogen (secondary N) is 1. The lowest BCUT2D eigenvalue weighted by atomic mass is 10.1. The van der Waals surface area contributed by atoms with Crippen LogP contribution < -0.4 is 4.72 Å². The zero-order chi connectivity index (χ0) is 17.2. The molecule has 0 radical (unpaired) electrons. The fourth-order valence-electron chi connectivity index (χ4n) is 2.39. The zero-order valence-corrected chi connectivity index (χ0v) is 14.3. The maximum absolute atomic E-state index is 12.7. The van der Waals surface area contributed by atoms with E-state index in [0.29, 0.717) is 16.9 Å². The molecule has 6 heteroatoms. The van der Waals surface area contributed by atoms with Gasteiger partial charge in [0.2, 0.25) is 10.0 Å². The van der Waals surface area contributed by atoms with Crippen molar-refractivity contribution in [2.75, 3.05) is 0 Å². The molecule has 2 aromatic carbocycles. The molecule has 1 N–H and O–H groups in total. The van der Waals surface area contributed by atoms with Gasteiger partial charge in [-0.05, 0) is 31.0 Å². The summed E-state index contributed by atoms with van der Waals surface area (Å²) in [6, 6.07) is 16.4. The monoisotopic (exact) mass is 342 g/mol. The molecule has 0 amide bonds. The van der Waals surface area contributed by atoms with Crippen molar-refractivity contribution >= 4 is 10.0 Å². The van der Waals surface area contributed by atoms with E-state index in [-0.39, 0.29) is 11.4 Å². The lowest BCUT2D eigenvalue weighted by Gasteiger charge is -2.10. The Labute approximate surface area is 141 Å². The second-order valence-corrected chi connectivity index (χ2v) is 7.36. The van der Waals surface area contributed by atoms with E-state index >= 15 is 0 Å². The van der Waals surface area contributed by atoms with Gasteiger partial charge in [0.25, 0.3) is 0 Å². The van der Waals surface area contributed by atoms with Crippen molar-refractivity contribution in [2.45, 2.75) is 25.3 Å². The number of hydrogen-bond acceptors (Lipinski definition) is 4. The van der Waals surface area contributed by atoms with E-state index in [4.69, 9.17) is 4.52 Å². The predicted molar refractivity (Wildman–Crippen MR) is 91.9 cm³/mol. The van der Waals surface area contributed by atoms with Crippen LogP contribution in [0.4, 0.5) is 0 Å². The van der Waals surface area contributed by atoms with Crippen LogP contribution in [0.3, 0.4) is 0 Å². The molecular weight excluding hydrogens is 324 g/mol. The lowest BCUT2D eigenvalue weighted by molar-refractivity contribution is 0.427. The van der Waals surface area contributed by atoms with E-state index in [9.17, 15) is 8.42 Å². The lowest BCUT2D eigenvalue weighted by Crippen LogP contribution is -2.24. The normalized spacial score (nSPS) is 11.6. The third-order valence-corrected chi connectivity index (χ3v) is 5.24. The van der Waals surface area contributed by atoms with Crippen LogP contribution in [0.5, 0.6) is 0 Å². The van der Waals surface area contributed by atoms with Gasteiger partial charge in [-0.25, -0.2) is 13.1 Å². The third kappa shape index (κ3) is 3.55. The van der Waals surface area contributed by atoms with Crippen molar-refractivity contribution in [3.05, 3.63) is 71.4 Å². The molecule has 3 aromatic rings. The van der Waals surface area contributed by atoms with Crippen molar-refractivity contribution in [3.63, 3.8) is 0 Å². The van der Waals surface area contributed by atoms with Gasteiger partial charge in [0, 0.05) is 18.2 Å². The highest BCUT2D eigenvalue weighted by atomic mass is 32.2. The molecule has 0 aliphatic rings. The first-order valence-corrected chi connectivity index (χ1v) is 9.02. The van der Waals surface area contributed by atoms with E-state index in [1.54, 1.807) is 25.1 Å². The van der Waals surface area contributed by atoms with Crippen molar-refractivity contribution in [3.8, 4) is 11.3 Å². The Kier molecular flexibility index (Phi) is 4.51. The first kappa shape index (κ1) is 16.4. The van der Waals surface area contributed by atoms with Crippen LogP contribution in [0.15, 0.2) is 64.0 Å². The number of benzene rings is 2. The molecule has 0 bridgehead atoms. The fourth-order valence-corrected chi connectivity index (χ4v) is 3.68. The second-order valence-electron chi connectivity index (χ2n) is 5.62. The zero-order valence-electron chi connectivity index (χ0n) is 13.5. The van der Waals surface area contributed by atoms with E-state index in [0.717, 1.165) is 11.3 Å². The Hall–Kier alpha value is -2.44. The van der Waals surface area contributed by atoms with Crippen molar-refractivity contribution < 1.29 is 12.9 Å². The van der Waals surface area contributed by atoms with Gasteiger partial charge in [-0.15, -0.1) is 0 Å². The summed E-state index contributed by atoms with van der Waals surface area (Å²) in [5.74, 6) is 0.548. The molecule has 0 unspecified atom stereocenters. The summed E-state index contributed by atoms with van der Waals surface area (Å²) in [6.07, 6.45) is 0. The quantitative estimate of drug-likeness (QED) is 0.771. The Balaban J connectivity index is 1.89. The highest BCUT2D eigenvalue weighted by Gasteiger charge is 2.18. The minimum Gasteiger partial charge on any atom is -0.356 e. The molecule has 24 heavy (non-hydrogen) atoms. The van der Waals surface area contributed by atoms with Gasteiger partial charge < -0.3 is 4.52 Å². The number of aryl methyl sites for hydroxylation is 2. The van der Waals surface area contributed by atoms with Crippen molar-refractivity contribution in [1.29, 1.82) is 0 Å². The van der Waals surface area contributed by atoms with Gasteiger partial charge in [-0.1, -0.05) is 47.6 Å². The SMILES string of the molecule is Cc1cc(-c2ccc(C)c(S(=O)(=O)NCc3ccccc3)c2)on1. The van der Waals surface area contributed by atoms with Gasteiger partial charge in [0.1, 0.15) is 0 Å². The van der Waals surface area contributed by atoms with E-state index in [1.165, 1.54) is 0 Å². The van der Waals surface area contributed by atoms with Crippen LogP contribution >= 0.6 is 0 Å². The number of aromatic nitrogens is 1. The van der Waals surface area contributed by atoms with E-state index in [1.807, 2.05) is 43.3 Å². The van der Waals surface area contributed by atoms with Crippen molar-refractivity contribution in [2.24, 2.45) is 0 Å². The molecule has 0 spiro atoms. The van der Waals surface area contributed by atoms with Gasteiger partial charge in [-0.3, -0.25) is 0 Å². The third-order valence-electron chi connectivity index (χ3n) is 3.70. The molecular formula is C18H18N2O3S. The summed E-state index contributed by atoms with van der Waals surface area (Å²) in [5, 5.41) is 3.84. The largest absolute Gasteiger partial charge is 0.356 e. The Morgan fingerprint density at radius 3 is 2.46 bits per heavy atom. The van der Waals surface area contributed by atoms with Gasteiger partial charge in [0.05, 0.1) is 10.6 Å². The molecule has 3 rings (SSSR count). The predicted octanol–water partition coefficient (Wildman–Crippen LogP) is 3.44. The molecule has 0 atom stereocenters. The number of hydrogen-bond donors (Lipinski definition) is 1. The molecule has 0 aliphatic heterocycles. The summed E-state index contributed by atoms with van der Waals surface area (Å²) in [5.41, 5.74) is 3.01. The maximum atomic E-state index is 12.7. The standard InChI is InChI=1S/C18H18N2O3S/c1-13-8-9-16(17-10-14(2)20-23-17)11-18(13)24(21,22)19-12-15-6-4-3-5-7-15/h3-11,19H,12H2,1-2H3. The molecule has 0 fully saturated rings. The molecule has 0 aliphatic carbocycles. The summed E-state index contributed by atoms with van der Waals surface area (Å²) in [4.78, 5) is 0.241. The van der Waals surface area contributed by atoms with Crippen LogP contribution in [0, 0.1) is 13.8 Å². The smallest absolute Gasteiger partial charge is 0.241 e. The number of nitrogens with zero attached hydrogens (tertiary/aromatic N) is 1. The van der Waals surface area contributed by atoms with Gasteiger partial charge in [0.15, 0.2) is 5.76 Å². The average molecular weight is 342 g/mol. The van der Waals surface area contributed by atoms with Crippen LogP contribution in [0.2, 0.25) is 0 Å². The second kappa shape index (κ2) is 6.59. The maximum Gasteiger partial charge on any atom is 0.241 e. The first-order valence-electron chi connectivity index (χ1n) is 7.54. The van der Waals surface area contributed by atoms with Gasteiger partial charge in [-0.2, -0.15) is 0 Å². The summed E-state index contributed by atoms with van der Waals surface area (Å²) < 4.78 is 33.2. The van der Waals surface area contributed by atoms with Crippen LogP contribution in [0.1, 0.15) is 16.8 Å². The topological polar surface area (TPSA) is 72.2 Å². The van der Waals surface area contributed by atoms with Crippen molar-refractivity contribution in [1.82, 2.24) is 9.88 Å².